The summed E-state index contributed by atoms with van der Waals surface area (Å²) in [6, 6.07) is 6.79. The lowest BCUT2D eigenvalue weighted by Crippen LogP contribution is -2.01. The third-order valence-electron chi connectivity index (χ3n) is 2.54. The fraction of sp³-hybridized carbons (Fsp3) is 0.0769. The highest BCUT2D eigenvalue weighted by Gasteiger charge is 2.16. The number of ketones is 1. The number of carbonyl (C=O) groups is 2. The van der Waals surface area contributed by atoms with Crippen molar-refractivity contribution in [1.82, 2.24) is 4.98 Å². The molecule has 0 saturated carbocycles. The van der Waals surface area contributed by atoms with Crippen LogP contribution in [0.1, 0.15) is 32.0 Å². The fourth-order valence-electron chi connectivity index (χ4n) is 1.62. The topological polar surface area (TPSA) is 70.2 Å². The first-order valence-electron chi connectivity index (χ1n) is 5.21. The van der Waals surface area contributed by atoms with Crippen LogP contribution in [-0.4, -0.2) is 21.8 Å². The summed E-state index contributed by atoms with van der Waals surface area (Å²) in [5.41, 5.74) is 1.82. The number of carboxylic acids is 1. The number of carboxylic acid groups (broad SMARTS) is 1. The minimum Gasteiger partial charge on any atom is -0.477 e. The normalized spacial score (nSPS) is 10.3. The van der Waals surface area contributed by atoms with Crippen molar-refractivity contribution in [3.63, 3.8) is 0 Å². The van der Waals surface area contributed by atoms with Crippen molar-refractivity contribution in [1.29, 1.82) is 0 Å². The van der Waals surface area contributed by atoms with Gasteiger partial charge in [-0.05, 0) is 25.1 Å². The summed E-state index contributed by atoms with van der Waals surface area (Å²) in [5, 5.41) is 8.80. The van der Waals surface area contributed by atoms with E-state index in [2.05, 4.69) is 20.9 Å². The summed E-state index contributed by atoms with van der Waals surface area (Å²) in [5.74, 6) is -1.30. The smallest absolute Gasteiger partial charge is 0.352 e. The molecule has 0 saturated heterocycles. The van der Waals surface area contributed by atoms with Gasteiger partial charge in [-0.1, -0.05) is 27.6 Å². The minimum atomic E-state index is -1.09. The molecule has 0 unspecified atom stereocenters. The minimum absolute atomic E-state index is 0.00197. The summed E-state index contributed by atoms with van der Waals surface area (Å²) in [6.45, 7) is 1.89. The van der Waals surface area contributed by atoms with Gasteiger partial charge in [0.05, 0.1) is 0 Å². The molecule has 0 fully saturated rings. The summed E-state index contributed by atoms with van der Waals surface area (Å²) in [7, 11) is 0. The summed E-state index contributed by atoms with van der Waals surface area (Å²) >= 11 is 3.32. The van der Waals surface area contributed by atoms with Crippen LogP contribution in [0.2, 0.25) is 0 Å². The first kappa shape index (κ1) is 12.6. The van der Waals surface area contributed by atoms with E-state index in [-0.39, 0.29) is 11.5 Å². The summed E-state index contributed by atoms with van der Waals surface area (Å²) < 4.78 is 0.691. The molecule has 0 radical (unpaired) electrons. The molecule has 1 aromatic carbocycles. The number of aromatic nitrogens is 1. The van der Waals surface area contributed by atoms with Crippen molar-refractivity contribution < 1.29 is 14.7 Å². The van der Waals surface area contributed by atoms with E-state index in [4.69, 9.17) is 5.11 Å². The Labute approximate surface area is 112 Å². The van der Waals surface area contributed by atoms with Crippen LogP contribution in [0.5, 0.6) is 0 Å². The van der Waals surface area contributed by atoms with E-state index in [1.165, 1.54) is 12.3 Å². The molecule has 2 rings (SSSR count). The Morgan fingerprint density at radius 2 is 2.00 bits per heavy atom. The van der Waals surface area contributed by atoms with Gasteiger partial charge in [0.25, 0.3) is 0 Å². The zero-order valence-corrected chi connectivity index (χ0v) is 11.1. The Morgan fingerprint density at radius 1 is 1.28 bits per heavy atom. The molecule has 0 spiro atoms. The van der Waals surface area contributed by atoms with Gasteiger partial charge in [-0.2, -0.15) is 0 Å². The van der Waals surface area contributed by atoms with Crippen molar-refractivity contribution in [2.75, 3.05) is 0 Å². The Hall–Kier alpha value is -1.88. The molecule has 0 amide bonds. The molecular weight excluding hydrogens is 298 g/mol. The van der Waals surface area contributed by atoms with Crippen molar-refractivity contribution in [3.05, 3.63) is 57.3 Å². The van der Waals surface area contributed by atoms with E-state index in [0.717, 1.165) is 5.56 Å². The van der Waals surface area contributed by atoms with Gasteiger partial charge in [-0.25, -0.2) is 4.79 Å². The van der Waals surface area contributed by atoms with E-state index >= 15 is 0 Å². The first-order valence-corrected chi connectivity index (χ1v) is 6.01. The van der Waals surface area contributed by atoms with Crippen LogP contribution in [0.25, 0.3) is 0 Å². The molecule has 18 heavy (non-hydrogen) atoms. The number of carbonyl (C=O) groups excluding carboxylic acids is 1. The van der Waals surface area contributed by atoms with Crippen LogP contribution in [0.3, 0.4) is 0 Å². The second kappa shape index (κ2) is 4.78. The van der Waals surface area contributed by atoms with Crippen LogP contribution >= 0.6 is 15.9 Å². The van der Waals surface area contributed by atoms with Crippen LogP contribution in [0, 0.1) is 6.92 Å². The van der Waals surface area contributed by atoms with Crippen LogP contribution in [0.4, 0.5) is 0 Å². The zero-order chi connectivity index (χ0) is 13.3. The quantitative estimate of drug-likeness (QED) is 0.856. The number of hydrogen-bond acceptors (Lipinski definition) is 2. The van der Waals surface area contributed by atoms with Gasteiger partial charge in [-0.15, -0.1) is 0 Å². The molecule has 0 atom stereocenters. The molecule has 0 bridgehead atoms. The summed E-state index contributed by atoms with van der Waals surface area (Å²) in [6.07, 6.45) is 1.40. The molecule has 0 aliphatic rings. The maximum atomic E-state index is 12.2. The maximum absolute atomic E-state index is 12.2. The zero-order valence-electron chi connectivity index (χ0n) is 9.53. The number of rotatable bonds is 3. The highest BCUT2D eigenvalue weighted by Crippen LogP contribution is 2.21. The van der Waals surface area contributed by atoms with Crippen molar-refractivity contribution in [2.24, 2.45) is 0 Å². The Kier molecular flexibility index (Phi) is 3.34. The van der Waals surface area contributed by atoms with Gasteiger partial charge in [-0.3, -0.25) is 4.79 Å². The molecule has 1 heterocycles. The average molecular weight is 308 g/mol. The van der Waals surface area contributed by atoms with Gasteiger partial charge < -0.3 is 10.1 Å². The monoisotopic (exact) mass is 307 g/mol. The van der Waals surface area contributed by atoms with Gasteiger partial charge in [0.15, 0.2) is 5.78 Å². The lowest BCUT2D eigenvalue weighted by Gasteiger charge is -2.03. The first-order chi connectivity index (χ1) is 8.49. The fourth-order valence-corrected chi connectivity index (χ4v) is 2.04. The van der Waals surface area contributed by atoms with Crippen LogP contribution in [0.15, 0.2) is 34.9 Å². The Bertz CT molecular complexity index is 631. The predicted octanol–water partition coefficient (Wildman–Crippen LogP) is 3.01. The van der Waals surface area contributed by atoms with Crippen molar-refractivity contribution in [3.8, 4) is 0 Å². The molecular formula is C13H10BrNO3. The lowest BCUT2D eigenvalue weighted by atomic mass is 10.0. The molecule has 1 aromatic heterocycles. The number of nitrogens with one attached hydrogen (secondary N) is 1. The number of halogens is 1. The number of hydrogen-bond donors (Lipinski definition) is 2. The number of aromatic carboxylic acids is 1. The van der Waals surface area contributed by atoms with E-state index in [1.807, 2.05) is 13.0 Å². The molecule has 92 valence electrons. The van der Waals surface area contributed by atoms with Crippen molar-refractivity contribution >= 4 is 27.7 Å². The van der Waals surface area contributed by atoms with E-state index < -0.39 is 5.97 Å². The third-order valence-corrected chi connectivity index (χ3v) is 3.23. The Morgan fingerprint density at radius 3 is 2.61 bits per heavy atom. The highest BCUT2D eigenvalue weighted by atomic mass is 79.9. The predicted molar refractivity (Wildman–Crippen MR) is 70.1 cm³/mol. The van der Waals surface area contributed by atoms with Crippen molar-refractivity contribution in [2.45, 2.75) is 6.92 Å². The van der Waals surface area contributed by atoms with Gasteiger partial charge >= 0.3 is 5.97 Å². The second-order valence-corrected chi connectivity index (χ2v) is 4.77. The van der Waals surface area contributed by atoms with E-state index in [9.17, 15) is 9.59 Å². The van der Waals surface area contributed by atoms with Crippen LogP contribution in [-0.2, 0) is 0 Å². The Balaban J connectivity index is 2.41. The molecule has 0 aliphatic heterocycles. The largest absolute Gasteiger partial charge is 0.477 e. The number of benzene rings is 1. The molecule has 2 aromatic rings. The molecule has 5 heteroatoms. The second-order valence-electron chi connectivity index (χ2n) is 3.92. The molecule has 4 nitrogen and oxygen atoms in total. The number of aryl methyl sites for hydroxylation is 1. The number of H-pyrrole nitrogens is 1. The maximum Gasteiger partial charge on any atom is 0.352 e. The number of aromatic amines is 1. The SMILES string of the molecule is Cc1ccc(Br)c(C(=O)c2c[nH]c(C(=O)O)c2)c1. The molecule has 0 aliphatic carbocycles. The van der Waals surface area contributed by atoms with Crippen LogP contribution < -0.4 is 0 Å². The summed E-state index contributed by atoms with van der Waals surface area (Å²) in [4.78, 5) is 25.5. The average Bonchev–Trinajstić information content (AvgIpc) is 2.81. The lowest BCUT2D eigenvalue weighted by molar-refractivity contribution is 0.0691. The third kappa shape index (κ3) is 2.36. The van der Waals surface area contributed by atoms with Gasteiger partial charge in [0.1, 0.15) is 5.69 Å². The van der Waals surface area contributed by atoms with Gasteiger partial charge in [0.2, 0.25) is 0 Å². The standard InChI is InChI=1S/C13H10BrNO3/c1-7-2-3-10(14)9(4-7)12(16)8-5-11(13(17)18)15-6-8/h2-6,15H,1H3,(H,17,18). The molecule has 2 N–H and O–H groups in total. The van der Waals surface area contributed by atoms with Gasteiger partial charge in [0, 0.05) is 21.8 Å². The van der Waals surface area contributed by atoms with E-state index in [1.54, 1.807) is 12.1 Å². The van der Waals surface area contributed by atoms with E-state index in [0.29, 0.717) is 15.6 Å². The highest BCUT2D eigenvalue weighted by molar-refractivity contribution is 9.10.